The molecule has 0 aliphatic heterocycles. The van der Waals surface area contributed by atoms with E-state index in [1.54, 1.807) is 18.2 Å². The van der Waals surface area contributed by atoms with Gasteiger partial charge in [-0.05, 0) is 37.1 Å². The molecule has 0 saturated heterocycles. The van der Waals surface area contributed by atoms with E-state index in [1.165, 1.54) is 0 Å². The smallest absolute Gasteiger partial charge is 0.387 e. The third-order valence-corrected chi connectivity index (χ3v) is 3.52. The van der Waals surface area contributed by atoms with Crippen molar-refractivity contribution >= 4 is 22.0 Å². The fraction of sp³-hybridized carbons (Fsp3) is 0.500. The zero-order valence-electron chi connectivity index (χ0n) is 12.6. The van der Waals surface area contributed by atoms with Crippen LogP contribution in [0.4, 0.5) is 8.78 Å². The van der Waals surface area contributed by atoms with Crippen molar-refractivity contribution in [3.8, 4) is 5.75 Å². The summed E-state index contributed by atoms with van der Waals surface area (Å²) in [5, 5.41) is 3.34. The highest BCUT2D eigenvalue weighted by Crippen LogP contribution is 2.28. The van der Waals surface area contributed by atoms with Gasteiger partial charge in [0.05, 0.1) is 0 Å². The molecule has 0 aliphatic rings. The van der Waals surface area contributed by atoms with Crippen LogP contribution >= 0.6 is 15.9 Å². The van der Waals surface area contributed by atoms with E-state index in [2.05, 4.69) is 46.8 Å². The molecule has 0 fully saturated rings. The molecule has 0 heterocycles. The summed E-state index contributed by atoms with van der Waals surface area (Å²) in [6.07, 6.45) is 2.98. The minimum atomic E-state index is -2.82. The lowest BCUT2D eigenvalue weighted by atomic mass is 10.00. The summed E-state index contributed by atoms with van der Waals surface area (Å²) in [5.74, 6) is 0.523. The predicted octanol–water partition coefficient (Wildman–Crippen LogP) is 5.09. The first-order valence-corrected chi connectivity index (χ1v) is 7.88. The Balaban J connectivity index is 3.03. The van der Waals surface area contributed by atoms with Crippen LogP contribution in [0.1, 0.15) is 32.8 Å². The van der Waals surface area contributed by atoms with E-state index in [0.29, 0.717) is 11.5 Å². The lowest BCUT2D eigenvalue weighted by molar-refractivity contribution is -0.0500. The molecule has 1 aromatic rings. The van der Waals surface area contributed by atoms with Gasteiger partial charge in [0.25, 0.3) is 0 Å². The Labute approximate surface area is 133 Å². The maximum absolute atomic E-state index is 12.5. The summed E-state index contributed by atoms with van der Waals surface area (Å²) >= 11 is 3.37. The molecule has 1 rings (SSSR count). The summed E-state index contributed by atoms with van der Waals surface area (Å²) in [6.45, 7) is 5.14. The SMILES string of the molecule is CCCNCC(=Cc1cc(Br)ccc1OC(F)F)C(C)C. The van der Waals surface area contributed by atoms with E-state index in [0.717, 1.165) is 29.6 Å². The average Bonchev–Trinajstić information content (AvgIpc) is 2.40. The van der Waals surface area contributed by atoms with Gasteiger partial charge in [-0.2, -0.15) is 8.78 Å². The standard InChI is InChI=1S/C16H22BrF2NO/c1-4-7-20-10-13(11(2)3)8-12-9-14(17)5-6-15(12)21-16(18)19/h5-6,8-9,11,16,20H,4,7,10H2,1-3H3. The molecule has 0 amide bonds. The Morgan fingerprint density at radius 3 is 2.67 bits per heavy atom. The van der Waals surface area contributed by atoms with E-state index in [9.17, 15) is 8.78 Å². The van der Waals surface area contributed by atoms with Crippen molar-refractivity contribution in [1.29, 1.82) is 0 Å². The van der Waals surface area contributed by atoms with E-state index in [1.807, 2.05) is 6.08 Å². The molecular formula is C16H22BrF2NO. The van der Waals surface area contributed by atoms with Crippen LogP contribution in [0.2, 0.25) is 0 Å². The minimum Gasteiger partial charge on any atom is -0.434 e. The van der Waals surface area contributed by atoms with Crippen molar-refractivity contribution in [1.82, 2.24) is 5.32 Å². The topological polar surface area (TPSA) is 21.3 Å². The second-order valence-electron chi connectivity index (χ2n) is 5.11. The monoisotopic (exact) mass is 361 g/mol. The first-order chi connectivity index (χ1) is 9.93. The highest BCUT2D eigenvalue weighted by atomic mass is 79.9. The molecule has 0 radical (unpaired) electrons. The van der Waals surface area contributed by atoms with Crippen molar-refractivity contribution in [2.45, 2.75) is 33.8 Å². The van der Waals surface area contributed by atoms with Crippen molar-refractivity contribution in [3.63, 3.8) is 0 Å². The first kappa shape index (κ1) is 18.1. The third-order valence-electron chi connectivity index (χ3n) is 3.03. The molecular weight excluding hydrogens is 340 g/mol. The maximum Gasteiger partial charge on any atom is 0.387 e. The lowest BCUT2D eigenvalue weighted by Gasteiger charge is -2.15. The molecule has 2 nitrogen and oxygen atoms in total. The molecule has 0 aromatic heterocycles. The molecule has 0 aliphatic carbocycles. The number of alkyl halides is 2. The summed E-state index contributed by atoms with van der Waals surface area (Å²) < 4.78 is 30.4. The largest absolute Gasteiger partial charge is 0.434 e. The number of nitrogens with one attached hydrogen (secondary N) is 1. The number of ether oxygens (including phenoxy) is 1. The molecule has 0 bridgehead atoms. The van der Waals surface area contributed by atoms with Gasteiger partial charge in [0.1, 0.15) is 5.75 Å². The summed E-state index contributed by atoms with van der Waals surface area (Å²) in [6, 6.07) is 5.04. The molecule has 0 saturated carbocycles. The summed E-state index contributed by atoms with van der Waals surface area (Å²) in [7, 11) is 0. The van der Waals surface area contributed by atoms with Crippen LogP contribution in [0, 0.1) is 5.92 Å². The Morgan fingerprint density at radius 1 is 1.38 bits per heavy atom. The number of benzene rings is 1. The quantitative estimate of drug-likeness (QED) is 0.651. The summed E-state index contributed by atoms with van der Waals surface area (Å²) in [4.78, 5) is 0. The van der Waals surface area contributed by atoms with Gasteiger partial charge in [-0.15, -0.1) is 0 Å². The Bertz CT molecular complexity index is 475. The van der Waals surface area contributed by atoms with E-state index >= 15 is 0 Å². The van der Waals surface area contributed by atoms with Gasteiger partial charge in [-0.3, -0.25) is 0 Å². The normalized spacial score (nSPS) is 12.3. The molecule has 5 heteroatoms. The van der Waals surface area contributed by atoms with Crippen LogP contribution in [0.3, 0.4) is 0 Å². The zero-order chi connectivity index (χ0) is 15.8. The van der Waals surface area contributed by atoms with Gasteiger partial charge < -0.3 is 10.1 Å². The van der Waals surface area contributed by atoms with Gasteiger partial charge in [0, 0.05) is 16.6 Å². The van der Waals surface area contributed by atoms with Gasteiger partial charge >= 0.3 is 6.61 Å². The van der Waals surface area contributed by atoms with Crippen molar-refractivity contribution in [2.24, 2.45) is 5.92 Å². The van der Waals surface area contributed by atoms with Crippen LogP contribution in [0.5, 0.6) is 5.75 Å². The molecule has 1 N–H and O–H groups in total. The fourth-order valence-electron chi connectivity index (χ4n) is 1.87. The summed E-state index contributed by atoms with van der Waals surface area (Å²) in [5.41, 5.74) is 1.81. The predicted molar refractivity (Wildman–Crippen MR) is 86.7 cm³/mol. The second-order valence-corrected chi connectivity index (χ2v) is 6.03. The second kappa shape index (κ2) is 9.15. The average molecular weight is 362 g/mol. The lowest BCUT2D eigenvalue weighted by Crippen LogP contribution is -2.20. The third kappa shape index (κ3) is 6.57. The van der Waals surface area contributed by atoms with E-state index in [4.69, 9.17) is 0 Å². The Kier molecular flexibility index (Phi) is 7.89. The van der Waals surface area contributed by atoms with E-state index < -0.39 is 6.61 Å². The fourth-order valence-corrected chi connectivity index (χ4v) is 2.25. The molecule has 0 unspecified atom stereocenters. The van der Waals surface area contributed by atoms with Gasteiger partial charge in [0.2, 0.25) is 0 Å². The van der Waals surface area contributed by atoms with Crippen molar-refractivity contribution < 1.29 is 13.5 Å². The van der Waals surface area contributed by atoms with Crippen molar-refractivity contribution in [3.05, 3.63) is 33.8 Å². The number of hydrogen-bond donors (Lipinski definition) is 1. The maximum atomic E-state index is 12.5. The molecule has 118 valence electrons. The van der Waals surface area contributed by atoms with Gasteiger partial charge in [-0.1, -0.05) is 48.4 Å². The zero-order valence-corrected chi connectivity index (χ0v) is 14.2. The first-order valence-electron chi connectivity index (χ1n) is 7.09. The Hall–Kier alpha value is -0.940. The van der Waals surface area contributed by atoms with Crippen molar-refractivity contribution in [2.75, 3.05) is 13.1 Å². The number of halogens is 3. The van der Waals surface area contributed by atoms with Crippen LogP contribution in [0.25, 0.3) is 6.08 Å². The van der Waals surface area contributed by atoms with Crippen LogP contribution in [0.15, 0.2) is 28.2 Å². The van der Waals surface area contributed by atoms with Gasteiger partial charge in [-0.25, -0.2) is 0 Å². The molecule has 21 heavy (non-hydrogen) atoms. The molecule has 0 atom stereocenters. The van der Waals surface area contributed by atoms with Gasteiger partial charge in [0.15, 0.2) is 0 Å². The van der Waals surface area contributed by atoms with Crippen LogP contribution in [-0.2, 0) is 0 Å². The highest BCUT2D eigenvalue weighted by Gasteiger charge is 2.11. The minimum absolute atomic E-state index is 0.196. The van der Waals surface area contributed by atoms with Crippen LogP contribution in [-0.4, -0.2) is 19.7 Å². The number of hydrogen-bond acceptors (Lipinski definition) is 2. The number of rotatable bonds is 8. The molecule has 0 spiro atoms. The highest BCUT2D eigenvalue weighted by molar-refractivity contribution is 9.10. The van der Waals surface area contributed by atoms with Crippen LogP contribution < -0.4 is 10.1 Å². The van der Waals surface area contributed by atoms with E-state index in [-0.39, 0.29) is 5.75 Å². The molecule has 1 aromatic carbocycles. The Morgan fingerprint density at radius 2 is 2.10 bits per heavy atom.